The Morgan fingerprint density at radius 3 is 2.33 bits per heavy atom. The molecule has 0 fully saturated rings. The number of nitrogens with zero attached hydrogens (tertiary/aromatic N) is 4. The second kappa shape index (κ2) is 6.56. The van der Waals surface area contributed by atoms with Crippen molar-refractivity contribution in [1.29, 1.82) is 0 Å². The minimum Gasteiger partial charge on any atom is -0.317 e. The van der Waals surface area contributed by atoms with Gasteiger partial charge in [0.2, 0.25) is 0 Å². The van der Waals surface area contributed by atoms with E-state index in [2.05, 4.69) is 40.4 Å². The number of hydrogen-bond donors (Lipinski definition) is 0. The van der Waals surface area contributed by atoms with E-state index in [0.717, 1.165) is 13.1 Å². The molecule has 0 radical (unpaired) electrons. The average molecular weight is 210 g/mol. The molecule has 1 atom stereocenters. The van der Waals surface area contributed by atoms with E-state index in [1.165, 1.54) is 19.4 Å². The molecule has 1 aromatic rings. The Bertz CT molecular complexity index is 241. The first-order chi connectivity index (χ1) is 7.27. The summed E-state index contributed by atoms with van der Waals surface area (Å²) >= 11 is 0. The van der Waals surface area contributed by atoms with Crippen molar-refractivity contribution in [2.75, 3.05) is 19.6 Å². The molecule has 0 saturated carbocycles. The fourth-order valence-electron chi connectivity index (χ4n) is 1.74. The zero-order valence-corrected chi connectivity index (χ0v) is 10.1. The molecule has 0 aromatic carbocycles. The highest BCUT2D eigenvalue weighted by Gasteiger charge is 2.05. The van der Waals surface area contributed by atoms with Gasteiger partial charge in [-0.2, -0.15) is 0 Å². The zero-order valence-electron chi connectivity index (χ0n) is 10.1. The first kappa shape index (κ1) is 12.2. The first-order valence-corrected chi connectivity index (χ1v) is 5.84. The van der Waals surface area contributed by atoms with E-state index in [9.17, 15) is 0 Å². The lowest BCUT2D eigenvalue weighted by Crippen LogP contribution is -2.24. The van der Waals surface area contributed by atoms with Gasteiger partial charge < -0.3 is 9.47 Å². The molecule has 0 N–H and O–H groups in total. The molecule has 1 heterocycles. The van der Waals surface area contributed by atoms with Crippen molar-refractivity contribution in [3.63, 3.8) is 0 Å². The minimum absolute atomic E-state index is 0.510. The lowest BCUT2D eigenvalue weighted by molar-refractivity contribution is 0.288. The van der Waals surface area contributed by atoms with Crippen LogP contribution in [0, 0.1) is 0 Å². The molecule has 4 nitrogen and oxygen atoms in total. The topological polar surface area (TPSA) is 34.0 Å². The molecule has 0 amide bonds. The van der Waals surface area contributed by atoms with Gasteiger partial charge in [-0.1, -0.05) is 13.8 Å². The Labute approximate surface area is 92.3 Å². The van der Waals surface area contributed by atoms with Crippen molar-refractivity contribution >= 4 is 0 Å². The highest BCUT2D eigenvalue weighted by atomic mass is 15.2. The summed E-state index contributed by atoms with van der Waals surface area (Å²) in [5.74, 6) is 0. The van der Waals surface area contributed by atoms with Crippen LogP contribution in [-0.2, 0) is 0 Å². The quantitative estimate of drug-likeness (QED) is 0.690. The van der Waals surface area contributed by atoms with Gasteiger partial charge in [-0.25, -0.2) is 0 Å². The lowest BCUT2D eigenvalue weighted by atomic mass is 10.2. The third kappa shape index (κ3) is 4.00. The van der Waals surface area contributed by atoms with E-state index in [-0.39, 0.29) is 0 Å². The molecule has 0 unspecified atom stereocenters. The highest BCUT2D eigenvalue weighted by Crippen LogP contribution is 2.11. The summed E-state index contributed by atoms with van der Waals surface area (Å²) < 4.78 is 2.07. The fourth-order valence-corrected chi connectivity index (χ4v) is 1.74. The van der Waals surface area contributed by atoms with E-state index < -0.39 is 0 Å². The van der Waals surface area contributed by atoms with Gasteiger partial charge in [0.15, 0.2) is 0 Å². The smallest absolute Gasteiger partial charge is 0.119 e. The third-order valence-electron chi connectivity index (χ3n) is 2.94. The third-order valence-corrected chi connectivity index (χ3v) is 2.94. The van der Waals surface area contributed by atoms with Crippen molar-refractivity contribution in [3.8, 4) is 0 Å². The normalized spacial score (nSPS) is 13.3. The Kier molecular flexibility index (Phi) is 5.32. The molecule has 0 aliphatic heterocycles. The molecule has 4 heteroatoms. The van der Waals surface area contributed by atoms with Crippen LogP contribution >= 0.6 is 0 Å². The van der Waals surface area contributed by atoms with Gasteiger partial charge in [-0.3, -0.25) is 0 Å². The molecule has 1 rings (SSSR count). The molecule has 0 spiro atoms. The van der Waals surface area contributed by atoms with E-state index >= 15 is 0 Å². The molecule has 15 heavy (non-hydrogen) atoms. The van der Waals surface area contributed by atoms with Gasteiger partial charge in [0.1, 0.15) is 12.7 Å². The maximum absolute atomic E-state index is 3.82. The summed E-state index contributed by atoms with van der Waals surface area (Å²) in [7, 11) is 0. The monoisotopic (exact) mass is 210 g/mol. The van der Waals surface area contributed by atoms with Crippen molar-refractivity contribution in [2.24, 2.45) is 0 Å². The molecule has 1 aromatic heterocycles. The first-order valence-electron chi connectivity index (χ1n) is 5.84. The molecule has 0 aliphatic rings. The average Bonchev–Trinajstić information content (AvgIpc) is 2.77. The van der Waals surface area contributed by atoms with Crippen LogP contribution in [0.2, 0.25) is 0 Å². The van der Waals surface area contributed by atoms with Crippen molar-refractivity contribution < 1.29 is 0 Å². The van der Waals surface area contributed by atoms with Crippen LogP contribution in [0.1, 0.15) is 39.7 Å². The second-order valence-corrected chi connectivity index (χ2v) is 3.93. The van der Waals surface area contributed by atoms with Gasteiger partial charge in [-0.15, -0.1) is 10.2 Å². The van der Waals surface area contributed by atoms with Crippen LogP contribution in [0.3, 0.4) is 0 Å². The van der Waals surface area contributed by atoms with Gasteiger partial charge in [-0.05, 0) is 39.4 Å². The van der Waals surface area contributed by atoms with Crippen LogP contribution in [0.25, 0.3) is 0 Å². The van der Waals surface area contributed by atoms with Crippen LogP contribution in [0.5, 0.6) is 0 Å². The predicted molar refractivity (Wildman–Crippen MR) is 61.8 cm³/mol. The molecular formula is C11H22N4. The second-order valence-electron chi connectivity index (χ2n) is 3.93. The largest absolute Gasteiger partial charge is 0.317 e. The SMILES string of the molecule is CCN(CC)CCC[C@@H](C)n1cnnc1. The van der Waals surface area contributed by atoms with Crippen LogP contribution in [0.4, 0.5) is 0 Å². The summed E-state index contributed by atoms with van der Waals surface area (Å²) in [5, 5.41) is 7.64. The Hall–Kier alpha value is -0.900. The number of hydrogen-bond acceptors (Lipinski definition) is 3. The van der Waals surface area contributed by atoms with Gasteiger partial charge in [0.25, 0.3) is 0 Å². The Morgan fingerprint density at radius 1 is 1.20 bits per heavy atom. The van der Waals surface area contributed by atoms with Crippen LogP contribution in [0.15, 0.2) is 12.7 Å². The van der Waals surface area contributed by atoms with Gasteiger partial charge in [0, 0.05) is 6.04 Å². The maximum atomic E-state index is 3.82. The van der Waals surface area contributed by atoms with Crippen molar-refractivity contribution in [3.05, 3.63) is 12.7 Å². The summed E-state index contributed by atoms with van der Waals surface area (Å²) in [6.45, 7) is 10.1. The van der Waals surface area contributed by atoms with Gasteiger partial charge in [0.05, 0.1) is 0 Å². The molecule has 0 aliphatic carbocycles. The van der Waals surface area contributed by atoms with Crippen molar-refractivity contribution in [2.45, 2.75) is 39.7 Å². The summed E-state index contributed by atoms with van der Waals surface area (Å²) in [5.41, 5.74) is 0. The molecule has 0 bridgehead atoms. The number of rotatable bonds is 7. The van der Waals surface area contributed by atoms with E-state index in [4.69, 9.17) is 0 Å². The standard InChI is InChI=1S/C11H22N4/c1-4-14(5-2)8-6-7-11(3)15-9-12-13-10-15/h9-11H,4-8H2,1-3H3/t11-/m1/s1. The minimum atomic E-state index is 0.510. The molecule has 86 valence electrons. The van der Waals surface area contributed by atoms with Crippen LogP contribution < -0.4 is 0 Å². The molecular weight excluding hydrogens is 188 g/mol. The van der Waals surface area contributed by atoms with Crippen molar-refractivity contribution in [1.82, 2.24) is 19.7 Å². The number of aromatic nitrogens is 3. The fraction of sp³-hybridized carbons (Fsp3) is 0.818. The maximum Gasteiger partial charge on any atom is 0.119 e. The van der Waals surface area contributed by atoms with Gasteiger partial charge >= 0.3 is 0 Å². The molecule has 0 saturated heterocycles. The lowest BCUT2D eigenvalue weighted by Gasteiger charge is -2.19. The zero-order chi connectivity index (χ0) is 11.1. The predicted octanol–water partition coefficient (Wildman–Crippen LogP) is 1.96. The highest BCUT2D eigenvalue weighted by molar-refractivity contribution is 4.69. The van der Waals surface area contributed by atoms with E-state index in [0.29, 0.717) is 6.04 Å². The summed E-state index contributed by atoms with van der Waals surface area (Å²) in [6.07, 6.45) is 6.01. The Balaban J connectivity index is 2.20. The van der Waals surface area contributed by atoms with E-state index in [1.807, 2.05) is 0 Å². The summed E-state index contributed by atoms with van der Waals surface area (Å²) in [4.78, 5) is 2.46. The van der Waals surface area contributed by atoms with E-state index in [1.54, 1.807) is 12.7 Å². The van der Waals surface area contributed by atoms with Crippen LogP contribution in [-0.4, -0.2) is 39.3 Å². The summed E-state index contributed by atoms with van der Waals surface area (Å²) in [6, 6.07) is 0.510. The Morgan fingerprint density at radius 2 is 1.80 bits per heavy atom.